The summed E-state index contributed by atoms with van der Waals surface area (Å²) in [6.07, 6.45) is 1.03. The first kappa shape index (κ1) is 11.1. The Morgan fingerprint density at radius 2 is 2.13 bits per heavy atom. The first-order valence-corrected chi connectivity index (χ1v) is 7.28. The van der Waals surface area contributed by atoms with Crippen LogP contribution in [0.2, 0.25) is 0 Å². The summed E-state index contributed by atoms with van der Waals surface area (Å²) >= 11 is 3.63. The number of carbonyl (C=O) groups excluding carboxylic acids is 1. The molecule has 1 aromatic rings. The summed E-state index contributed by atoms with van der Waals surface area (Å²) in [6, 6.07) is 10.4. The summed E-state index contributed by atoms with van der Waals surface area (Å²) in [5.74, 6) is 3.61. The summed E-state index contributed by atoms with van der Waals surface area (Å²) in [5.41, 5.74) is 0. The lowest BCUT2D eigenvalue weighted by atomic mass is 10.1. The zero-order valence-corrected chi connectivity index (χ0v) is 10.2. The van der Waals surface area contributed by atoms with E-state index in [2.05, 4.69) is 24.3 Å². The Kier molecular flexibility index (Phi) is 4.15. The molecule has 1 unspecified atom stereocenters. The topological polar surface area (TPSA) is 17.1 Å². The maximum atomic E-state index is 11.4. The Balaban J connectivity index is 1.73. The van der Waals surface area contributed by atoms with Crippen LogP contribution in [0.4, 0.5) is 0 Å². The van der Waals surface area contributed by atoms with Gasteiger partial charge < -0.3 is 0 Å². The first-order chi connectivity index (χ1) is 7.36. The second-order valence-electron chi connectivity index (χ2n) is 3.63. The van der Waals surface area contributed by atoms with E-state index >= 15 is 0 Å². The van der Waals surface area contributed by atoms with Gasteiger partial charge in [-0.25, -0.2) is 0 Å². The fraction of sp³-hybridized carbons (Fsp3) is 0.417. The van der Waals surface area contributed by atoms with Gasteiger partial charge in [0.1, 0.15) is 5.78 Å². The van der Waals surface area contributed by atoms with E-state index in [1.165, 1.54) is 4.90 Å². The van der Waals surface area contributed by atoms with Crippen LogP contribution in [0.25, 0.3) is 0 Å². The monoisotopic (exact) mass is 238 g/mol. The van der Waals surface area contributed by atoms with Crippen molar-refractivity contribution < 1.29 is 4.79 Å². The van der Waals surface area contributed by atoms with E-state index in [0.29, 0.717) is 11.7 Å². The molecule has 1 fully saturated rings. The van der Waals surface area contributed by atoms with E-state index in [-0.39, 0.29) is 0 Å². The highest BCUT2D eigenvalue weighted by atomic mass is 32.2. The zero-order valence-electron chi connectivity index (χ0n) is 8.52. The molecule has 1 nitrogen and oxygen atoms in total. The van der Waals surface area contributed by atoms with E-state index < -0.39 is 0 Å². The minimum Gasteiger partial charge on any atom is -0.298 e. The van der Waals surface area contributed by atoms with Crippen LogP contribution in [0.3, 0.4) is 0 Å². The van der Waals surface area contributed by atoms with Gasteiger partial charge in [-0.15, -0.1) is 11.8 Å². The van der Waals surface area contributed by atoms with Gasteiger partial charge in [-0.3, -0.25) is 4.79 Å². The van der Waals surface area contributed by atoms with Crippen LogP contribution in [0, 0.1) is 5.92 Å². The molecule has 0 amide bonds. The number of Topliss-reactive ketones (excluding diaryl/α,β-unsaturated/α-hetero) is 1. The molecule has 0 radical (unpaired) electrons. The van der Waals surface area contributed by atoms with Gasteiger partial charge in [-0.2, -0.15) is 11.8 Å². The Morgan fingerprint density at radius 1 is 1.33 bits per heavy atom. The number of carbonyl (C=O) groups is 1. The maximum absolute atomic E-state index is 11.4. The summed E-state index contributed by atoms with van der Waals surface area (Å²) < 4.78 is 0. The van der Waals surface area contributed by atoms with Crippen LogP contribution < -0.4 is 0 Å². The smallest absolute Gasteiger partial charge is 0.146 e. The molecule has 1 aliphatic heterocycles. The van der Waals surface area contributed by atoms with Crippen LogP contribution in [-0.2, 0) is 4.79 Å². The fourth-order valence-corrected chi connectivity index (χ4v) is 3.77. The van der Waals surface area contributed by atoms with Crippen molar-refractivity contribution >= 4 is 29.3 Å². The maximum Gasteiger partial charge on any atom is 0.146 e. The minimum absolute atomic E-state index is 0.325. The van der Waals surface area contributed by atoms with Gasteiger partial charge in [-0.05, 0) is 24.3 Å². The van der Waals surface area contributed by atoms with E-state index in [9.17, 15) is 4.79 Å². The van der Waals surface area contributed by atoms with Crippen LogP contribution in [0.5, 0.6) is 0 Å². The molecule has 0 N–H and O–H groups in total. The number of rotatable bonds is 4. The molecule has 1 aromatic carbocycles. The van der Waals surface area contributed by atoms with E-state index in [1.807, 2.05) is 17.8 Å². The van der Waals surface area contributed by atoms with E-state index in [1.54, 1.807) is 11.8 Å². The van der Waals surface area contributed by atoms with Crippen molar-refractivity contribution in [3.63, 3.8) is 0 Å². The van der Waals surface area contributed by atoms with Gasteiger partial charge in [0, 0.05) is 16.6 Å². The molecule has 0 saturated carbocycles. The number of hydrogen-bond acceptors (Lipinski definition) is 3. The Hall–Kier alpha value is -0.410. The van der Waals surface area contributed by atoms with Crippen molar-refractivity contribution in [2.75, 3.05) is 17.3 Å². The molecule has 1 saturated heterocycles. The van der Waals surface area contributed by atoms with Crippen LogP contribution >= 0.6 is 23.5 Å². The Morgan fingerprint density at radius 3 is 2.80 bits per heavy atom. The van der Waals surface area contributed by atoms with Crippen LogP contribution in [0.1, 0.15) is 6.42 Å². The average molecular weight is 238 g/mol. The van der Waals surface area contributed by atoms with Gasteiger partial charge in [0.15, 0.2) is 0 Å². The van der Waals surface area contributed by atoms with E-state index in [0.717, 1.165) is 23.7 Å². The first-order valence-electron chi connectivity index (χ1n) is 5.14. The van der Waals surface area contributed by atoms with Crippen molar-refractivity contribution in [1.82, 2.24) is 0 Å². The summed E-state index contributed by atoms with van der Waals surface area (Å²) in [4.78, 5) is 12.7. The van der Waals surface area contributed by atoms with Crippen molar-refractivity contribution in [3.05, 3.63) is 30.3 Å². The van der Waals surface area contributed by atoms with Gasteiger partial charge in [-0.1, -0.05) is 18.2 Å². The largest absolute Gasteiger partial charge is 0.298 e. The second-order valence-corrected chi connectivity index (χ2v) is 5.83. The summed E-state index contributed by atoms with van der Waals surface area (Å²) in [5, 5.41) is 0. The highest BCUT2D eigenvalue weighted by molar-refractivity contribution is 8.00. The standard InChI is InChI=1S/C12H14OS2/c13-12-9-14-8-10(12)6-7-15-11-4-2-1-3-5-11/h1-5,10H,6-9H2. The normalized spacial score (nSPS) is 20.8. The number of benzene rings is 1. The van der Waals surface area contributed by atoms with Crippen LogP contribution in [-0.4, -0.2) is 23.0 Å². The molecular weight excluding hydrogens is 224 g/mol. The van der Waals surface area contributed by atoms with Crippen molar-refractivity contribution in [2.24, 2.45) is 5.92 Å². The summed E-state index contributed by atoms with van der Waals surface area (Å²) in [6.45, 7) is 0. The minimum atomic E-state index is 0.325. The van der Waals surface area contributed by atoms with Gasteiger partial charge in [0.25, 0.3) is 0 Å². The summed E-state index contributed by atoms with van der Waals surface area (Å²) in [7, 11) is 0. The quantitative estimate of drug-likeness (QED) is 0.750. The van der Waals surface area contributed by atoms with Crippen molar-refractivity contribution in [3.8, 4) is 0 Å². The third-order valence-electron chi connectivity index (χ3n) is 2.50. The number of thioether (sulfide) groups is 2. The lowest BCUT2D eigenvalue weighted by Gasteiger charge is -2.06. The number of ketones is 1. The molecule has 15 heavy (non-hydrogen) atoms. The lowest BCUT2D eigenvalue weighted by Crippen LogP contribution is -2.11. The molecule has 1 atom stereocenters. The van der Waals surface area contributed by atoms with Gasteiger partial charge in [0.2, 0.25) is 0 Å². The average Bonchev–Trinajstić information content (AvgIpc) is 2.66. The molecule has 0 aliphatic carbocycles. The zero-order chi connectivity index (χ0) is 10.5. The van der Waals surface area contributed by atoms with Gasteiger partial charge >= 0.3 is 0 Å². The van der Waals surface area contributed by atoms with Crippen LogP contribution in [0.15, 0.2) is 35.2 Å². The number of hydrogen-bond donors (Lipinski definition) is 0. The molecule has 1 aliphatic rings. The predicted octanol–water partition coefficient (Wildman–Crippen LogP) is 3.10. The molecule has 1 heterocycles. The fourth-order valence-electron chi connectivity index (χ4n) is 1.59. The van der Waals surface area contributed by atoms with Gasteiger partial charge in [0.05, 0.1) is 5.75 Å². The molecule has 0 aromatic heterocycles. The highest BCUT2D eigenvalue weighted by Gasteiger charge is 2.24. The third-order valence-corrected chi connectivity index (χ3v) is 4.67. The Labute approximate surface area is 99.0 Å². The molecule has 0 spiro atoms. The highest BCUT2D eigenvalue weighted by Crippen LogP contribution is 2.26. The SMILES string of the molecule is O=C1CSCC1CCSc1ccccc1. The molecule has 2 rings (SSSR count). The lowest BCUT2D eigenvalue weighted by molar-refractivity contribution is -0.119. The van der Waals surface area contributed by atoms with Crippen molar-refractivity contribution in [2.45, 2.75) is 11.3 Å². The molecule has 80 valence electrons. The third kappa shape index (κ3) is 3.28. The van der Waals surface area contributed by atoms with Crippen molar-refractivity contribution in [1.29, 1.82) is 0 Å². The van der Waals surface area contributed by atoms with E-state index in [4.69, 9.17) is 0 Å². The molecule has 0 bridgehead atoms. The Bertz CT molecular complexity index is 324. The predicted molar refractivity (Wildman–Crippen MR) is 67.6 cm³/mol. The second kappa shape index (κ2) is 5.61. The molecule has 3 heteroatoms. The molecular formula is C12H14OS2.